The Balaban J connectivity index is 1.69. The minimum atomic E-state index is 0.194. The Hall–Kier alpha value is -1.57. The molecule has 2 nitrogen and oxygen atoms in total. The van der Waals surface area contributed by atoms with Crippen LogP contribution >= 0.6 is 0 Å². The number of hydrogen-bond donors (Lipinski definition) is 1. The molecule has 5 atom stereocenters. The van der Waals surface area contributed by atoms with Crippen molar-refractivity contribution in [1.82, 2.24) is 0 Å². The first-order valence-corrected chi connectivity index (χ1v) is 12.6. The van der Waals surface area contributed by atoms with Gasteiger partial charge in [0.2, 0.25) is 0 Å². The number of fused-ring (bicyclic) bond motifs is 1. The van der Waals surface area contributed by atoms with Crippen LogP contribution in [0.25, 0.3) is 0 Å². The second-order valence-corrected chi connectivity index (χ2v) is 11.1. The summed E-state index contributed by atoms with van der Waals surface area (Å²) in [4.78, 5) is 13.0. The van der Waals surface area contributed by atoms with Crippen molar-refractivity contribution < 1.29 is 9.90 Å². The van der Waals surface area contributed by atoms with Crippen LogP contribution < -0.4 is 0 Å². The van der Waals surface area contributed by atoms with E-state index in [4.69, 9.17) is 0 Å². The molecule has 0 aliphatic heterocycles. The summed E-state index contributed by atoms with van der Waals surface area (Å²) in [7, 11) is 0. The highest BCUT2D eigenvalue weighted by Crippen LogP contribution is 2.60. The number of phenolic OH excluding ortho intramolecular Hbond substituents is 1. The first kappa shape index (κ1) is 24.1. The summed E-state index contributed by atoms with van der Waals surface area (Å²) in [6, 6.07) is 5.62. The fourth-order valence-corrected chi connectivity index (χ4v) is 7.02. The predicted octanol–water partition coefficient (Wildman–Crippen LogP) is 7.66. The first-order valence-electron chi connectivity index (χ1n) is 12.6. The van der Waals surface area contributed by atoms with Crippen molar-refractivity contribution in [2.45, 2.75) is 92.9 Å². The number of ketones is 1. The van der Waals surface area contributed by atoms with Crippen LogP contribution in [0.15, 0.2) is 29.8 Å². The summed E-state index contributed by atoms with van der Waals surface area (Å²) < 4.78 is 0. The third kappa shape index (κ3) is 5.10. The van der Waals surface area contributed by atoms with Gasteiger partial charge in [-0.15, -0.1) is 0 Å². The molecule has 0 aromatic heterocycles. The van der Waals surface area contributed by atoms with E-state index >= 15 is 0 Å². The van der Waals surface area contributed by atoms with Crippen LogP contribution in [-0.4, -0.2) is 10.9 Å². The smallest absolute Gasteiger partial charge is 0.136 e. The Bertz CT molecular complexity index is 805. The van der Waals surface area contributed by atoms with Gasteiger partial charge < -0.3 is 5.11 Å². The number of phenols is 1. The lowest BCUT2D eigenvalue weighted by Gasteiger charge is -2.46. The molecular weight excluding hydrogens is 380 g/mol. The standard InChI is InChI=1S/C29H44O2/c1-7-22(19(2)3)10-8-21(5)26-14-15-27-25(28(31)16-17-29(26,27)6)13-11-23-18-24(30)12-9-20(23)4/h7,9,12,18-19,21,25-27,30H,8,10-11,13-17H2,1-6H3. The Morgan fingerprint density at radius 2 is 2.00 bits per heavy atom. The lowest BCUT2D eigenvalue weighted by Crippen LogP contribution is -2.43. The van der Waals surface area contributed by atoms with Crippen molar-refractivity contribution in [3.63, 3.8) is 0 Å². The zero-order chi connectivity index (χ0) is 22.8. The molecule has 2 aliphatic rings. The van der Waals surface area contributed by atoms with Gasteiger partial charge in [0, 0.05) is 12.3 Å². The molecule has 0 saturated heterocycles. The van der Waals surface area contributed by atoms with E-state index in [2.05, 4.69) is 47.6 Å². The topological polar surface area (TPSA) is 37.3 Å². The van der Waals surface area contributed by atoms with Crippen molar-refractivity contribution in [3.05, 3.63) is 41.0 Å². The van der Waals surface area contributed by atoms with E-state index in [0.717, 1.165) is 31.6 Å². The van der Waals surface area contributed by atoms with E-state index in [1.165, 1.54) is 36.8 Å². The molecule has 0 radical (unpaired) electrons. The second kappa shape index (κ2) is 9.92. The molecular formula is C29H44O2. The number of Topliss-reactive ketones (excluding diaryl/α,β-unsaturated/α-hetero) is 1. The van der Waals surface area contributed by atoms with Crippen LogP contribution in [0.4, 0.5) is 0 Å². The lowest BCUT2D eigenvalue weighted by atomic mass is 9.58. The molecule has 0 bridgehead atoms. The van der Waals surface area contributed by atoms with E-state index in [0.29, 0.717) is 34.7 Å². The molecule has 2 aliphatic carbocycles. The summed E-state index contributed by atoms with van der Waals surface area (Å²) in [5.74, 6) is 3.64. The average molecular weight is 425 g/mol. The van der Waals surface area contributed by atoms with E-state index in [1.807, 2.05) is 12.1 Å². The Morgan fingerprint density at radius 1 is 1.26 bits per heavy atom. The number of rotatable bonds is 8. The van der Waals surface area contributed by atoms with Gasteiger partial charge in [0.15, 0.2) is 0 Å². The molecule has 0 amide bonds. The molecule has 0 spiro atoms. The van der Waals surface area contributed by atoms with Gasteiger partial charge in [-0.2, -0.15) is 0 Å². The first-order chi connectivity index (χ1) is 14.7. The quantitative estimate of drug-likeness (QED) is 0.435. The number of aromatic hydroxyl groups is 1. The van der Waals surface area contributed by atoms with Crippen molar-refractivity contribution in [2.75, 3.05) is 0 Å². The van der Waals surface area contributed by atoms with Gasteiger partial charge >= 0.3 is 0 Å². The number of benzene rings is 1. The van der Waals surface area contributed by atoms with Gasteiger partial charge in [-0.05, 0) is 111 Å². The molecule has 172 valence electrons. The molecule has 1 aromatic carbocycles. The highest BCUT2D eigenvalue weighted by Gasteiger charge is 2.54. The fourth-order valence-electron chi connectivity index (χ4n) is 7.02. The highest BCUT2D eigenvalue weighted by atomic mass is 16.3. The van der Waals surface area contributed by atoms with Crippen LogP contribution in [-0.2, 0) is 11.2 Å². The molecule has 1 aromatic rings. The SMILES string of the molecule is CC=C(CCC(C)C1CCC2C(CCc3cc(O)ccc3C)C(=O)CCC12C)C(C)C. The monoisotopic (exact) mass is 424 g/mol. The normalized spacial score (nSPS) is 30.0. The van der Waals surface area contributed by atoms with Gasteiger partial charge in [-0.3, -0.25) is 4.79 Å². The summed E-state index contributed by atoms with van der Waals surface area (Å²) in [6.07, 6.45) is 10.9. The number of carbonyl (C=O) groups excluding carboxylic acids is 1. The van der Waals surface area contributed by atoms with Crippen molar-refractivity contribution in [2.24, 2.45) is 35.0 Å². The maximum Gasteiger partial charge on any atom is 0.136 e. The summed E-state index contributed by atoms with van der Waals surface area (Å²) >= 11 is 0. The maximum absolute atomic E-state index is 13.0. The summed E-state index contributed by atoms with van der Waals surface area (Å²) in [6.45, 7) is 13.9. The molecule has 2 fully saturated rings. The molecule has 2 saturated carbocycles. The predicted molar refractivity (Wildman–Crippen MR) is 130 cm³/mol. The van der Waals surface area contributed by atoms with Gasteiger partial charge in [0.1, 0.15) is 11.5 Å². The molecule has 5 unspecified atom stereocenters. The molecule has 31 heavy (non-hydrogen) atoms. The maximum atomic E-state index is 13.0. The Kier molecular flexibility index (Phi) is 7.71. The summed E-state index contributed by atoms with van der Waals surface area (Å²) in [5.41, 5.74) is 4.30. The largest absolute Gasteiger partial charge is 0.508 e. The minimum absolute atomic E-state index is 0.194. The van der Waals surface area contributed by atoms with Gasteiger partial charge in [0.25, 0.3) is 0 Å². The number of hydrogen-bond acceptors (Lipinski definition) is 2. The fraction of sp³-hybridized carbons (Fsp3) is 0.690. The zero-order valence-electron chi connectivity index (χ0n) is 20.7. The van der Waals surface area contributed by atoms with E-state index in [-0.39, 0.29) is 5.92 Å². The van der Waals surface area contributed by atoms with E-state index in [1.54, 1.807) is 11.6 Å². The van der Waals surface area contributed by atoms with Crippen LogP contribution in [0.3, 0.4) is 0 Å². The van der Waals surface area contributed by atoms with Crippen LogP contribution in [0.1, 0.15) is 90.7 Å². The molecule has 0 heterocycles. The van der Waals surface area contributed by atoms with Crippen molar-refractivity contribution >= 4 is 5.78 Å². The molecule has 3 rings (SSSR count). The average Bonchev–Trinajstić information content (AvgIpc) is 3.07. The Labute approximate surface area is 190 Å². The van der Waals surface area contributed by atoms with Crippen LogP contribution in [0, 0.1) is 41.9 Å². The number of carbonyl (C=O) groups is 1. The summed E-state index contributed by atoms with van der Waals surface area (Å²) in [5, 5.41) is 9.88. The van der Waals surface area contributed by atoms with Crippen LogP contribution in [0.5, 0.6) is 5.75 Å². The van der Waals surface area contributed by atoms with Crippen LogP contribution in [0.2, 0.25) is 0 Å². The minimum Gasteiger partial charge on any atom is -0.508 e. The van der Waals surface area contributed by atoms with E-state index < -0.39 is 0 Å². The number of aryl methyl sites for hydroxylation is 2. The zero-order valence-corrected chi connectivity index (χ0v) is 20.7. The Morgan fingerprint density at radius 3 is 2.68 bits per heavy atom. The second-order valence-electron chi connectivity index (χ2n) is 11.1. The third-order valence-electron chi connectivity index (χ3n) is 9.04. The van der Waals surface area contributed by atoms with Gasteiger partial charge in [-0.25, -0.2) is 0 Å². The number of allylic oxidation sites excluding steroid dienone is 2. The molecule has 1 N–H and O–H groups in total. The van der Waals surface area contributed by atoms with Gasteiger partial charge in [-0.1, -0.05) is 45.4 Å². The third-order valence-corrected chi connectivity index (χ3v) is 9.04. The van der Waals surface area contributed by atoms with E-state index in [9.17, 15) is 9.90 Å². The van der Waals surface area contributed by atoms with Crippen molar-refractivity contribution in [1.29, 1.82) is 0 Å². The van der Waals surface area contributed by atoms with Crippen molar-refractivity contribution in [3.8, 4) is 5.75 Å². The van der Waals surface area contributed by atoms with Gasteiger partial charge in [0.05, 0.1) is 0 Å². The lowest BCUT2D eigenvalue weighted by molar-refractivity contribution is -0.132. The highest BCUT2D eigenvalue weighted by molar-refractivity contribution is 5.82. The molecule has 2 heteroatoms.